The zero-order valence-electron chi connectivity index (χ0n) is 14.6. The number of fused-ring (bicyclic) bond motifs is 2. The van der Waals surface area contributed by atoms with Gasteiger partial charge in [-0.25, -0.2) is 9.97 Å². The molecule has 5 rings (SSSR count). The highest BCUT2D eigenvalue weighted by atomic mass is 16.3. The summed E-state index contributed by atoms with van der Waals surface area (Å²) in [7, 11) is 0. The van der Waals surface area contributed by atoms with E-state index in [1.165, 1.54) is 0 Å². The third-order valence-corrected chi connectivity index (χ3v) is 5.28. The summed E-state index contributed by atoms with van der Waals surface area (Å²) in [5.74, 6) is 1.99. The first-order valence-corrected chi connectivity index (χ1v) is 9.05. The van der Waals surface area contributed by atoms with Crippen LogP contribution in [0.3, 0.4) is 0 Å². The molecule has 0 radical (unpaired) electrons. The number of para-hydroxylation sites is 2. The second-order valence-electron chi connectivity index (χ2n) is 6.99. The molecular weight excluding hydrogens is 326 g/mol. The standard InChI is InChI=1S/C21H19N3O2/c1-13-22-18-12-14(21-23-17-4-2-3-5-20(17)26-21)6-11-19(18)24(13)15-7-9-16(25)10-8-15/h2-6,11-12,15H,7-10H2,1H3. The predicted molar refractivity (Wildman–Crippen MR) is 100.0 cm³/mol. The Labute approximate surface area is 150 Å². The zero-order valence-corrected chi connectivity index (χ0v) is 14.6. The highest BCUT2D eigenvalue weighted by Gasteiger charge is 2.23. The van der Waals surface area contributed by atoms with Crippen LogP contribution in [0.2, 0.25) is 0 Å². The number of ketones is 1. The minimum atomic E-state index is 0.355. The highest BCUT2D eigenvalue weighted by Crippen LogP contribution is 2.33. The Kier molecular flexibility index (Phi) is 3.42. The topological polar surface area (TPSA) is 60.9 Å². The maximum Gasteiger partial charge on any atom is 0.227 e. The van der Waals surface area contributed by atoms with E-state index in [2.05, 4.69) is 15.6 Å². The fraction of sp³-hybridized carbons (Fsp3) is 0.286. The number of rotatable bonds is 2. The molecule has 0 spiro atoms. The molecule has 26 heavy (non-hydrogen) atoms. The van der Waals surface area contributed by atoms with Crippen LogP contribution in [0.4, 0.5) is 0 Å². The van der Waals surface area contributed by atoms with Gasteiger partial charge in [-0.1, -0.05) is 12.1 Å². The van der Waals surface area contributed by atoms with Crippen molar-refractivity contribution in [2.45, 2.75) is 38.6 Å². The van der Waals surface area contributed by atoms with E-state index < -0.39 is 0 Å². The molecule has 0 aliphatic heterocycles. The van der Waals surface area contributed by atoms with Crippen LogP contribution in [-0.2, 0) is 4.79 Å². The molecule has 0 amide bonds. The molecule has 0 N–H and O–H groups in total. The third kappa shape index (κ3) is 2.43. The minimum absolute atomic E-state index is 0.355. The van der Waals surface area contributed by atoms with Crippen LogP contribution in [0, 0.1) is 6.92 Å². The summed E-state index contributed by atoms with van der Waals surface area (Å²) in [4.78, 5) is 20.9. The molecule has 0 bridgehead atoms. The number of hydrogen-bond acceptors (Lipinski definition) is 4. The van der Waals surface area contributed by atoms with Gasteiger partial charge in [0.05, 0.1) is 11.0 Å². The van der Waals surface area contributed by atoms with E-state index >= 15 is 0 Å². The molecule has 2 heterocycles. The number of nitrogens with zero attached hydrogens (tertiary/aromatic N) is 3. The number of Topliss-reactive ketones (excluding diaryl/α,β-unsaturated/α-hetero) is 1. The van der Waals surface area contributed by atoms with Gasteiger partial charge >= 0.3 is 0 Å². The number of carbonyl (C=O) groups excluding carboxylic acids is 1. The summed E-state index contributed by atoms with van der Waals surface area (Å²) in [5, 5.41) is 0. The predicted octanol–water partition coefficient (Wildman–Crippen LogP) is 4.84. The minimum Gasteiger partial charge on any atom is -0.436 e. The van der Waals surface area contributed by atoms with Crippen molar-refractivity contribution in [2.75, 3.05) is 0 Å². The van der Waals surface area contributed by atoms with Crippen molar-refractivity contribution in [3.8, 4) is 11.5 Å². The van der Waals surface area contributed by atoms with Crippen LogP contribution < -0.4 is 0 Å². The van der Waals surface area contributed by atoms with Crippen LogP contribution >= 0.6 is 0 Å². The van der Waals surface area contributed by atoms with Gasteiger partial charge in [-0.3, -0.25) is 4.79 Å². The van der Waals surface area contributed by atoms with Gasteiger partial charge in [-0.2, -0.15) is 0 Å². The summed E-state index contributed by atoms with van der Waals surface area (Å²) in [6, 6.07) is 14.3. The van der Waals surface area contributed by atoms with E-state index in [1.54, 1.807) is 0 Å². The quantitative estimate of drug-likeness (QED) is 0.522. The van der Waals surface area contributed by atoms with Crippen molar-refractivity contribution in [2.24, 2.45) is 0 Å². The van der Waals surface area contributed by atoms with Crippen molar-refractivity contribution in [3.05, 3.63) is 48.3 Å². The highest BCUT2D eigenvalue weighted by molar-refractivity contribution is 5.83. The Morgan fingerprint density at radius 3 is 2.65 bits per heavy atom. The van der Waals surface area contributed by atoms with Crippen LogP contribution in [0.1, 0.15) is 37.5 Å². The summed E-state index contributed by atoms with van der Waals surface area (Å²) in [6.07, 6.45) is 3.14. The van der Waals surface area contributed by atoms with Gasteiger partial charge in [0.1, 0.15) is 17.1 Å². The number of carbonyl (C=O) groups is 1. The number of aryl methyl sites for hydroxylation is 1. The fourth-order valence-corrected chi connectivity index (χ4v) is 3.99. The zero-order chi connectivity index (χ0) is 17.7. The lowest BCUT2D eigenvalue weighted by Gasteiger charge is -2.24. The Hall–Kier alpha value is -2.95. The summed E-state index contributed by atoms with van der Waals surface area (Å²) in [5.41, 5.74) is 4.63. The molecular formula is C21H19N3O2. The first kappa shape index (κ1) is 15.3. The third-order valence-electron chi connectivity index (χ3n) is 5.28. The average Bonchev–Trinajstić information content (AvgIpc) is 3.22. The van der Waals surface area contributed by atoms with E-state index in [4.69, 9.17) is 9.40 Å². The van der Waals surface area contributed by atoms with Gasteiger partial charge < -0.3 is 8.98 Å². The van der Waals surface area contributed by atoms with Crippen molar-refractivity contribution in [3.63, 3.8) is 0 Å². The molecule has 0 unspecified atom stereocenters. The summed E-state index contributed by atoms with van der Waals surface area (Å²) >= 11 is 0. The van der Waals surface area contributed by atoms with E-state index in [0.29, 0.717) is 30.6 Å². The van der Waals surface area contributed by atoms with E-state index in [1.807, 2.05) is 43.3 Å². The molecule has 1 aliphatic carbocycles. The molecule has 0 saturated heterocycles. The van der Waals surface area contributed by atoms with Crippen LogP contribution in [-0.4, -0.2) is 20.3 Å². The van der Waals surface area contributed by atoms with Crippen LogP contribution in [0.25, 0.3) is 33.6 Å². The normalized spacial score (nSPS) is 16.0. The van der Waals surface area contributed by atoms with Crippen LogP contribution in [0.5, 0.6) is 0 Å². The van der Waals surface area contributed by atoms with Gasteiger partial charge in [0.25, 0.3) is 0 Å². The number of aromatic nitrogens is 3. The van der Waals surface area contributed by atoms with Crippen LogP contribution in [0.15, 0.2) is 46.9 Å². The largest absolute Gasteiger partial charge is 0.436 e. The van der Waals surface area contributed by atoms with Gasteiger partial charge in [0.2, 0.25) is 5.89 Å². The Morgan fingerprint density at radius 1 is 1.04 bits per heavy atom. The molecule has 5 nitrogen and oxygen atoms in total. The maximum absolute atomic E-state index is 11.6. The molecule has 2 aromatic heterocycles. The summed E-state index contributed by atoms with van der Waals surface area (Å²) in [6.45, 7) is 2.04. The SMILES string of the molecule is Cc1nc2cc(-c3nc4ccccc4o3)ccc2n1C1CCC(=O)CC1. The lowest BCUT2D eigenvalue weighted by Crippen LogP contribution is -2.18. The average molecular weight is 345 g/mol. The molecule has 1 aliphatic rings. The molecule has 0 atom stereocenters. The molecule has 5 heteroatoms. The van der Waals surface area contributed by atoms with Gasteiger partial charge in [0.15, 0.2) is 5.58 Å². The van der Waals surface area contributed by atoms with Gasteiger partial charge in [-0.05, 0) is 50.1 Å². The smallest absolute Gasteiger partial charge is 0.227 e. The number of hydrogen-bond donors (Lipinski definition) is 0. The monoisotopic (exact) mass is 345 g/mol. The first-order chi connectivity index (χ1) is 12.7. The number of imidazole rings is 1. The second kappa shape index (κ2) is 5.80. The van der Waals surface area contributed by atoms with Crippen molar-refractivity contribution in [1.29, 1.82) is 0 Å². The molecule has 4 aromatic rings. The lowest BCUT2D eigenvalue weighted by atomic mass is 9.94. The fourth-order valence-electron chi connectivity index (χ4n) is 3.99. The molecule has 1 saturated carbocycles. The maximum atomic E-state index is 11.6. The van der Waals surface area contributed by atoms with Crippen molar-refractivity contribution in [1.82, 2.24) is 14.5 Å². The Balaban J connectivity index is 1.57. The van der Waals surface area contributed by atoms with E-state index in [0.717, 1.165) is 46.4 Å². The lowest BCUT2D eigenvalue weighted by molar-refractivity contribution is -0.120. The van der Waals surface area contributed by atoms with Gasteiger partial charge in [-0.15, -0.1) is 0 Å². The van der Waals surface area contributed by atoms with Gasteiger partial charge in [0, 0.05) is 24.4 Å². The first-order valence-electron chi connectivity index (χ1n) is 9.05. The Bertz CT molecular complexity index is 1100. The molecule has 2 aromatic carbocycles. The van der Waals surface area contributed by atoms with E-state index in [-0.39, 0.29) is 0 Å². The van der Waals surface area contributed by atoms with E-state index in [9.17, 15) is 4.79 Å². The summed E-state index contributed by atoms with van der Waals surface area (Å²) < 4.78 is 8.17. The Morgan fingerprint density at radius 2 is 1.85 bits per heavy atom. The second-order valence-corrected chi connectivity index (χ2v) is 6.99. The van der Waals surface area contributed by atoms with Crippen molar-refractivity contribution < 1.29 is 9.21 Å². The molecule has 130 valence electrons. The number of oxazole rings is 1. The number of benzene rings is 2. The molecule has 1 fully saturated rings. The van der Waals surface area contributed by atoms with Crippen molar-refractivity contribution >= 4 is 27.9 Å².